The molecule has 0 spiro atoms. The Balaban J connectivity index is -0.000000303. The molecule has 0 aromatic carbocycles. The van der Waals surface area contributed by atoms with Gasteiger partial charge >= 0.3 is 17.1 Å². The van der Waals surface area contributed by atoms with Crippen molar-refractivity contribution < 1.29 is 56.3 Å². The fraction of sp³-hybridized carbons (Fsp3) is 0.833. The van der Waals surface area contributed by atoms with Gasteiger partial charge in [0, 0.05) is 38.9 Å². The van der Waals surface area contributed by atoms with Crippen LogP contribution >= 0.6 is 0 Å². The van der Waals surface area contributed by atoms with Crippen molar-refractivity contribution in [2.24, 2.45) is 0 Å². The number of nitrogens with one attached hydrogen (secondary N) is 3. The van der Waals surface area contributed by atoms with Crippen LogP contribution in [0.5, 0.6) is 0 Å². The predicted molar refractivity (Wildman–Crippen MR) is 94.4 cm³/mol. The normalized spacial score (nSPS) is 19.3. The van der Waals surface area contributed by atoms with Gasteiger partial charge in [-0.05, 0) is 38.5 Å². The Kier molecular flexibility index (Phi) is 25.2. The fourth-order valence-corrected chi connectivity index (χ4v) is 2.71. The van der Waals surface area contributed by atoms with Crippen LogP contribution in [-0.4, -0.2) is 37.4 Å². The van der Waals surface area contributed by atoms with Crippen LogP contribution in [0.25, 0.3) is 0 Å². The average Bonchev–Trinajstić information content (AvgIpc) is 3.05. The van der Waals surface area contributed by atoms with Gasteiger partial charge in [-0.25, -0.2) is 0 Å². The molecular formula is C18H33Cl2CuN3O3. The molecular weight excluding hydrogens is 441 g/mol. The average molecular weight is 474 g/mol. The summed E-state index contributed by atoms with van der Waals surface area (Å²) >= 11 is 0. The topological polar surface area (TPSA) is 87.3 Å². The molecule has 0 aromatic heterocycles. The summed E-state index contributed by atoms with van der Waals surface area (Å²) in [5.74, 6) is 0.674. The van der Waals surface area contributed by atoms with Crippen molar-refractivity contribution in [3.63, 3.8) is 0 Å². The van der Waals surface area contributed by atoms with Crippen LogP contribution in [0.15, 0.2) is 0 Å². The number of amides is 3. The maximum atomic E-state index is 10.6. The Morgan fingerprint density at radius 1 is 0.444 bits per heavy atom. The van der Waals surface area contributed by atoms with E-state index in [1.165, 1.54) is 19.3 Å². The van der Waals surface area contributed by atoms with E-state index in [1.807, 2.05) is 0 Å². The van der Waals surface area contributed by atoms with E-state index in [4.69, 9.17) is 0 Å². The van der Waals surface area contributed by atoms with Crippen molar-refractivity contribution in [3.8, 4) is 0 Å². The monoisotopic (exact) mass is 472 g/mol. The largest absolute Gasteiger partial charge is 2.00 e. The molecule has 3 aliphatic rings. The van der Waals surface area contributed by atoms with Gasteiger partial charge in [-0.3, -0.25) is 14.4 Å². The first-order chi connectivity index (χ1) is 11.7. The Morgan fingerprint density at radius 2 is 0.704 bits per heavy atom. The van der Waals surface area contributed by atoms with Crippen molar-refractivity contribution in [1.29, 1.82) is 0 Å². The first kappa shape index (κ1) is 31.2. The van der Waals surface area contributed by atoms with Crippen LogP contribution in [0.4, 0.5) is 0 Å². The van der Waals surface area contributed by atoms with Crippen LogP contribution in [0.2, 0.25) is 0 Å². The standard InChI is InChI=1S/3C6H11NO.2ClH.Cu/c3*8-6-4-2-1-3-5-7-6;;;/h3*1-5H2,(H,7,8);2*1H;/q;;;;;+2/p-2. The van der Waals surface area contributed by atoms with Crippen molar-refractivity contribution in [2.75, 3.05) is 19.6 Å². The van der Waals surface area contributed by atoms with E-state index in [-0.39, 0.29) is 59.6 Å². The van der Waals surface area contributed by atoms with E-state index >= 15 is 0 Å². The molecule has 3 fully saturated rings. The molecule has 0 atom stereocenters. The number of carbonyl (C=O) groups excluding carboxylic acids is 3. The van der Waals surface area contributed by atoms with Crippen molar-refractivity contribution in [1.82, 2.24) is 16.0 Å². The van der Waals surface area contributed by atoms with E-state index < -0.39 is 0 Å². The van der Waals surface area contributed by atoms with E-state index in [0.717, 1.165) is 77.4 Å². The third-order valence-corrected chi connectivity index (χ3v) is 4.21. The summed E-state index contributed by atoms with van der Waals surface area (Å²) < 4.78 is 0. The van der Waals surface area contributed by atoms with Gasteiger partial charge in [-0.2, -0.15) is 0 Å². The fourth-order valence-electron chi connectivity index (χ4n) is 2.71. The second-order valence-electron chi connectivity index (χ2n) is 6.48. The molecule has 0 aliphatic carbocycles. The zero-order chi connectivity index (χ0) is 17.5. The number of halogens is 2. The molecule has 0 aromatic rings. The van der Waals surface area contributed by atoms with Gasteiger partial charge in [-0.15, -0.1) is 0 Å². The van der Waals surface area contributed by atoms with Crippen molar-refractivity contribution in [3.05, 3.63) is 0 Å². The SMILES string of the molecule is O=C1CCCCCN1.O=C1CCCCCN1.O=C1CCCCCN1.[Cl-].[Cl-].[Cu+2]. The molecule has 0 bridgehead atoms. The molecule has 27 heavy (non-hydrogen) atoms. The van der Waals surface area contributed by atoms with E-state index in [9.17, 15) is 14.4 Å². The summed E-state index contributed by atoms with van der Waals surface area (Å²) in [5.41, 5.74) is 0. The Bertz CT molecular complexity index is 315. The molecule has 3 saturated heterocycles. The van der Waals surface area contributed by atoms with E-state index in [2.05, 4.69) is 16.0 Å². The van der Waals surface area contributed by atoms with E-state index in [1.54, 1.807) is 0 Å². The number of rotatable bonds is 0. The second kappa shape index (κ2) is 21.8. The maximum Gasteiger partial charge on any atom is 2.00 e. The van der Waals surface area contributed by atoms with Gasteiger partial charge < -0.3 is 40.8 Å². The minimum absolute atomic E-state index is 0. The molecule has 163 valence electrons. The summed E-state index contributed by atoms with van der Waals surface area (Å²) in [6.07, 6.45) is 12.5. The maximum absolute atomic E-state index is 10.6. The van der Waals surface area contributed by atoms with Gasteiger partial charge in [-0.1, -0.05) is 19.3 Å². The summed E-state index contributed by atoms with van der Waals surface area (Å²) in [6, 6.07) is 0. The molecule has 9 heteroatoms. The molecule has 3 rings (SSSR count). The Labute approximate surface area is 186 Å². The summed E-state index contributed by atoms with van der Waals surface area (Å²) in [6.45, 7) is 2.66. The quantitative estimate of drug-likeness (QED) is 0.314. The van der Waals surface area contributed by atoms with Crippen LogP contribution in [0, 0.1) is 0 Å². The smallest absolute Gasteiger partial charge is 1.00 e. The zero-order valence-electron chi connectivity index (χ0n) is 15.9. The number of hydrogen-bond donors (Lipinski definition) is 3. The molecule has 3 amide bonds. The first-order valence-corrected chi connectivity index (χ1v) is 9.48. The van der Waals surface area contributed by atoms with Gasteiger partial charge in [0.25, 0.3) is 0 Å². The van der Waals surface area contributed by atoms with Crippen molar-refractivity contribution in [2.45, 2.75) is 77.0 Å². The molecule has 0 saturated carbocycles. The minimum atomic E-state index is 0. The summed E-state index contributed by atoms with van der Waals surface area (Å²) in [4.78, 5) is 31.7. The second-order valence-corrected chi connectivity index (χ2v) is 6.48. The first-order valence-electron chi connectivity index (χ1n) is 9.48. The van der Waals surface area contributed by atoms with Gasteiger partial charge in [0.05, 0.1) is 0 Å². The molecule has 3 aliphatic heterocycles. The zero-order valence-corrected chi connectivity index (χ0v) is 18.3. The minimum Gasteiger partial charge on any atom is -1.00 e. The molecule has 6 nitrogen and oxygen atoms in total. The van der Waals surface area contributed by atoms with Gasteiger partial charge in [0.2, 0.25) is 17.7 Å². The van der Waals surface area contributed by atoms with Crippen LogP contribution < -0.4 is 40.8 Å². The summed E-state index contributed by atoms with van der Waals surface area (Å²) in [5, 5.41) is 8.42. The van der Waals surface area contributed by atoms with Crippen LogP contribution in [-0.2, 0) is 31.5 Å². The third kappa shape index (κ3) is 20.1. The third-order valence-electron chi connectivity index (χ3n) is 4.21. The van der Waals surface area contributed by atoms with Crippen LogP contribution in [0.3, 0.4) is 0 Å². The van der Waals surface area contributed by atoms with Gasteiger partial charge in [0.15, 0.2) is 0 Å². The molecule has 3 N–H and O–H groups in total. The molecule has 3 heterocycles. The number of carbonyl (C=O) groups is 3. The number of hydrogen-bond acceptors (Lipinski definition) is 3. The predicted octanol–water partition coefficient (Wildman–Crippen LogP) is -3.96. The Morgan fingerprint density at radius 3 is 0.963 bits per heavy atom. The molecule has 0 unspecified atom stereocenters. The summed E-state index contributed by atoms with van der Waals surface area (Å²) in [7, 11) is 0. The van der Waals surface area contributed by atoms with Crippen molar-refractivity contribution >= 4 is 17.7 Å². The van der Waals surface area contributed by atoms with E-state index in [0.29, 0.717) is 0 Å². The Hall–Kier alpha value is -0.491. The van der Waals surface area contributed by atoms with Crippen LogP contribution in [0.1, 0.15) is 77.0 Å². The molecule has 1 radical (unpaired) electrons. The van der Waals surface area contributed by atoms with Gasteiger partial charge in [0.1, 0.15) is 0 Å².